The third kappa shape index (κ3) is 5.51. The fourth-order valence-corrected chi connectivity index (χ4v) is 3.66. The lowest BCUT2D eigenvalue weighted by atomic mass is 9.89. The van der Waals surface area contributed by atoms with E-state index in [1.807, 2.05) is 42.5 Å². The number of amides is 4. The highest BCUT2D eigenvalue weighted by Gasteiger charge is 2.26. The van der Waals surface area contributed by atoms with Gasteiger partial charge in [0, 0.05) is 35.1 Å². The molecule has 0 saturated carbocycles. The molecule has 0 aromatic heterocycles. The van der Waals surface area contributed by atoms with E-state index in [2.05, 4.69) is 21.3 Å². The van der Waals surface area contributed by atoms with Crippen molar-refractivity contribution in [2.45, 2.75) is 19.3 Å². The van der Waals surface area contributed by atoms with Crippen LogP contribution in [0.1, 0.15) is 18.4 Å². The number of hydrogen-bond donors (Lipinski definition) is 4. The molecule has 1 atom stereocenters. The highest BCUT2D eigenvalue weighted by molar-refractivity contribution is 6.00. The maximum atomic E-state index is 12.4. The van der Waals surface area contributed by atoms with E-state index in [1.54, 1.807) is 36.4 Å². The number of hydrogen-bond acceptors (Lipinski definition) is 3. The number of fused-ring (bicyclic) bond motifs is 1. The number of carbonyl (C=O) groups is 3. The molecule has 3 aromatic rings. The van der Waals surface area contributed by atoms with Gasteiger partial charge >= 0.3 is 6.03 Å². The molecule has 1 aliphatic heterocycles. The third-order valence-corrected chi connectivity index (χ3v) is 5.27. The van der Waals surface area contributed by atoms with Gasteiger partial charge in [-0.25, -0.2) is 4.79 Å². The van der Waals surface area contributed by atoms with Crippen LogP contribution in [0, 0.1) is 5.92 Å². The summed E-state index contributed by atoms with van der Waals surface area (Å²) in [5.41, 5.74) is 3.75. The lowest BCUT2D eigenvalue weighted by Crippen LogP contribution is -2.30. The molecule has 1 heterocycles. The van der Waals surface area contributed by atoms with Crippen molar-refractivity contribution < 1.29 is 14.4 Å². The van der Waals surface area contributed by atoms with Crippen LogP contribution >= 0.6 is 0 Å². The van der Waals surface area contributed by atoms with Gasteiger partial charge in [-0.2, -0.15) is 0 Å². The minimum Gasteiger partial charge on any atom is -0.326 e. The van der Waals surface area contributed by atoms with Crippen molar-refractivity contribution in [1.82, 2.24) is 0 Å². The molecular formula is C25H24N4O3. The van der Waals surface area contributed by atoms with Gasteiger partial charge in [-0.3, -0.25) is 9.59 Å². The maximum absolute atomic E-state index is 12.4. The Labute approximate surface area is 186 Å². The third-order valence-electron chi connectivity index (χ3n) is 5.27. The molecule has 0 unspecified atom stereocenters. The van der Waals surface area contributed by atoms with E-state index in [4.69, 9.17) is 0 Å². The van der Waals surface area contributed by atoms with Crippen LogP contribution in [-0.4, -0.2) is 17.8 Å². The standard InChI is InChI=1S/C25H24N4O3/c30-23(14-13-18-15-17-7-4-5-12-22(17)29-24(18)31)26-20-10-6-11-21(16-20)28-25(32)27-19-8-2-1-3-9-19/h1-12,16,18H,13-15H2,(H,26,30)(H,29,31)(H2,27,28,32)/t18-/m1/s1. The first-order valence-electron chi connectivity index (χ1n) is 10.5. The summed E-state index contributed by atoms with van der Waals surface area (Å²) in [6.07, 6.45) is 1.32. The number of rotatable bonds is 6. The predicted molar refractivity (Wildman–Crippen MR) is 126 cm³/mol. The van der Waals surface area contributed by atoms with Crippen LogP contribution in [0.2, 0.25) is 0 Å². The average Bonchev–Trinajstić information content (AvgIpc) is 2.78. The number of anilines is 4. The molecule has 1 aliphatic rings. The smallest absolute Gasteiger partial charge is 0.323 e. The highest BCUT2D eigenvalue weighted by Crippen LogP contribution is 2.27. The summed E-state index contributed by atoms with van der Waals surface area (Å²) in [5, 5.41) is 11.2. The van der Waals surface area contributed by atoms with E-state index in [0.29, 0.717) is 29.9 Å². The first-order valence-corrected chi connectivity index (χ1v) is 10.5. The van der Waals surface area contributed by atoms with Gasteiger partial charge in [-0.15, -0.1) is 0 Å². The molecule has 0 spiro atoms. The number of carbonyl (C=O) groups excluding carboxylic acids is 3. The van der Waals surface area contributed by atoms with Crippen LogP contribution in [0.25, 0.3) is 0 Å². The largest absolute Gasteiger partial charge is 0.326 e. The molecule has 7 nitrogen and oxygen atoms in total. The maximum Gasteiger partial charge on any atom is 0.323 e. The van der Waals surface area contributed by atoms with Crippen molar-refractivity contribution in [2.24, 2.45) is 5.92 Å². The summed E-state index contributed by atoms with van der Waals surface area (Å²) < 4.78 is 0. The van der Waals surface area contributed by atoms with Gasteiger partial charge in [0.2, 0.25) is 11.8 Å². The van der Waals surface area contributed by atoms with Crippen LogP contribution in [0.4, 0.5) is 27.5 Å². The zero-order chi connectivity index (χ0) is 22.3. The Morgan fingerprint density at radius 3 is 2.28 bits per heavy atom. The topological polar surface area (TPSA) is 99.3 Å². The second-order valence-electron chi connectivity index (χ2n) is 7.66. The van der Waals surface area contributed by atoms with Crippen molar-refractivity contribution in [3.05, 3.63) is 84.4 Å². The number of para-hydroxylation sites is 2. The second kappa shape index (κ2) is 9.78. The van der Waals surface area contributed by atoms with Gasteiger partial charge in [-0.1, -0.05) is 42.5 Å². The Bertz CT molecular complexity index is 1130. The quantitative estimate of drug-likeness (QED) is 0.451. The lowest BCUT2D eigenvalue weighted by molar-refractivity contribution is -0.121. The Morgan fingerprint density at radius 2 is 1.47 bits per heavy atom. The molecule has 3 aromatic carbocycles. The van der Waals surface area contributed by atoms with E-state index in [0.717, 1.165) is 11.3 Å². The van der Waals surface area contributed by atoms with Gasteiger partial charge in [0.05, 0.1) is 0 Å². The summed E-state index contributed by atoms with van der Waals surface area (Å²) >= 11 is 0. The highest BCUT2D eigenvalue weighted by atomic mass is 16.2. The monoisotopic (exact) mass is 428 g/mol. The Morgan fingerprint density at radius 1 is 0.812 bits per heavy atom. The number of urea groups is 1. The van der Waals surface area contributed by atoms with Gasteiger partial charge in [0.25, 0.3) is 0 Å². The molecule has 4 amide bonds. The second-order valence-corrected chi connectivity index (χ2v) is 7.66. The predicted octanol–water partition coefficient (Wildman–Crippen LogP) is 4.86. The molecule has 0 radical (unpaired) electrons. The lowest BCUT2D eigenvalue weighted by Gasteiger charge is -2.24. The molecule has 0 aliphatic carbocycles. The summed E-state index contributed by atoms with van der Waals surface area (Å²) in [4.78, 5) is 36.9. The number of benzene rings is 3. The van der Waals surface area contributed by atoms with Gasteiger partial charge in [-0.05, 0) is 54.8 Å². The molecular weight excluding hydrogens is 404 g/mol. The Hall–Kier alpha value is -4.13. The molecule has 0 fully saturated rings. The van der Waals surface area contributed by atoms with Crippen molar-refractivity contribution in [3.8, 4) is 0 Å². The van der Waals surface area contributed by atoms with E-state index in [1.165, 1.54) is 0 Å². The molecule has 0 bridgehead atoms. The minimum atomic E-state index is -0.372. The summed E-state index contributed by atoms with van der Waals surface area (Å²) in [6.45, 7) is 0. The molecule has 162 valence electrons. The molecule has 7 heteroatoms. The zero-order valence-electron chi connectivity index (χ0n) is 17.4. The van der Waals surface area contributed by atoms with Crippen LogP contribution in [0.15, 0.2) is 78.9 Å². The fraction of sp³-hybridized carbons (Fsp3) is 0.160. The normalized spacial score (nSPS) is 14.6. The first-order chi connectivity index (χ1) is 15.6. The Kier molecular flexibility index (Phi) is 6.46. The van der Waals surface area contributed by atoms with Gasteiger partial charge in [0.1, 0.15) is 0 Å². The zero-order valence-corrected chi connectivity index (χ0v) is 17.4. The van der Waals surface area contributed by atoms with Crippen molar-refractivity contribution >= 4 is 40.6 Å². The van der Waals surface area contributed by atoms with Crippen LogP contribution in [0.5, 0.6) is 0 Å². The SMILES string of the molecule is O=C(CC[C@@H]1Cc2ccccc2NC1=O)Nc1cccc(NC(=O)Nc2ccccc2)c1. The van der Waals surface area contributed by atoms with E-state index in [-0.39, 0.29) is 30.2 Å². The van der Waals surface area contributed by atoms with E-state index in [9.17, 15) is 14.4 Å². The summed E-state index contributed by atoms with van der Waals surface area (Å²) in [5.74, 6) is -0.458. The van der Waals surface area contributed by atoms with Crippen LogP contribution in [-0.2, 0) is 16.0 Å². The average molecular weight is 428 g/mol. The molecule has 4 N–H and O–H groups in total. The van der Waals surface area contributed by atoms with E-state index >= 15 is 0 Å². The van der Waals surface area contributed by atoms with Crippen LogP contribution < -0.4 is 21.3 Å². The Balaban J connectivity index is 1.28. The van der Waals surface area contributed by atoms with Crippen molar-refractivity contribution in [2.75, 3.05) is 21.3 Å². The van der Waals surface area contributed by atoms with E-state index < -0.39 is 0 Å². The first kappa shape index (κ1) is 21.1. The fourth-order valence-electron chi connectivity index (χ4n) is 3.66. The van der Waals surface area contributed by atoms with Crippen molar-refractivity contribution in [1.29, 1.82) is 0 Å². The van der Waals surface area contributed by atoms with Gasteiger partial charge in [0.15, 0.2) is 0 Å². The number of nitrogens with one attached hydrogen (secondary N) is 4. The minimum absolute atomic E-state index is 0.0490. The molecule has 0 saturated heterocycles. The molecule has 32 heavy (non-hydrogen) atoms. The van der Waals surface area contributed by atoms with Gasteiger partial charge < -0.3 is 21.3 Å². The van der Waals surface area contributed by atoms with Crippen molar-refractivity contribution in [3.63, 3.8) is 0 Å². The van der Waals surface area contributed by atoms with Crippen LogP contribution in [0.3, 0.4) is 0 Å². The molecule has 4 rings (SSSR count). The summed E-state index contributed by atoms with van der Waals surface area (Å²) in [6, 6.07) is 23.4. The summed E-state index contributed by atoms with van der Waals surface area (Å²) in [7, 11) is 0.